The van der Waals surface area contributed by atoms with E-state index in [1.165, 1.54) is 6.33 Å². The van der Waals surface area contributed by atoms with E-state index in [1.54, 1.807) is 11.6 Å². The standard InChI is InChI=1S/C22H21BrN4O3/c1-3-29-21(28)19-14(2)26-22-24-13-25-27(22)20(19)16-6-10-18(11-7-16)30-12-15-4-8-17(23)9-5-15/h4-11,13,20H,3,12H2,1-2H3,(H,24,25,26). The fraction of sp³-hybridized carbons (Fsp3) is 0.227. The number of aromatic nitrogens is 3. The van der Waals surface area contributed by atoms with Gasteiger partial charge in [-0.2, -0.15) is 10.1 Å². The van der Waals surface area contributed by atoms with Gasteiger partial charge < -0.3 is 14.8 Å². The van der Waals surface area contributed by atoms with Gasteiger partial charge in [-0.15, -0.1) is 0 Å². The van der Waals surface area contributed by atoms with Gasteiger partial charge in [0.25, 0.3) is 0 Å². The van der Waals surface area contributed by atoms with Crippen molar-refractivity contribution in [2.75, 3.05) is 11.9 Å². The topological polar surface area (TPSA) is 78.3 Å². The number of carbonyl (C=O) groups is 1. The first-order chi connectivity index (χ1) is 14.6. The normalized spacial score (nSPS) is 15.4. The molecule has 0 saturated carbocycles. The number of esters is 1. The molecule has 1 N–H and O–H groups in total. The van der Waals surface area contributed by atoms with Gasteiger partial charge in [-0.05, 0) is 49.2 Å². The second-order valence-electron chi connectivity index (χ2n) is 6.80. The van der Waals surface area contributed by atoms with Gasteiger partial charge in [0.2, 0.25) is 5.95 Å². The number of hydrogen-bond donors (Lipinski definition) is 1. The smallest absolute Gasteiger partial charge is 0.338 e. The van der Waals surface area contributed by atoms with Crippen molar-refractivity contribution in [2.45, 2.75) is 26.5 Å². The molecule has 3 aromatic rings. The number of carbonyl (C=O) groups excluding carboxylic acids is 1. The molecular formula is C22H21BrN4O3. The van der Waals surface area contributed by atoms with Gasteiger partial charge in [-0.25, -0.2) is 9.48 Å². The van der Waals surface area contributed by atoms with Crippen LogP contribution in [-0.2, 0) is 16.1 Å². The minimum Gasteiger partial charge on any atom is -0.489 e. The lowest BCUT2D eigenvalue weighted by Gasteiger charge is -2.28. The molecule has 7 nitrogen and oxygen atoms in total. The third-order valence-electron chi connectivity index (χ3n) is 4.80. The zero-order valence-corrected chi connectivity index (χ0v) is 18.2. The molecule has 0 fully saturated rings. The summed E-state index contributed by atoms with van der Waals surface area (Å²) in [7, 11) is 0. The molecule has 1 aliphatic heterocycles. The second kappa shape index (κ2) is 8.71. The fourth-order valence-corrected chi connectivity index (χ4v) is 3.63. The summed E-state index contributed by atoms with van der Waals surface area (Å²) in [5.74, 6) is 0.957. The van der Waals surface area contributed by atoms with Gasteiger partial charge in [0.15, 0.2) is 0 Å². The van der Waals surface area contributed by atoms with Crippen LogP contribution >= 0.6 is 15.9 Å². The van der Waals surface area contributed by atoms with Crippen molar-refractivity contribution in [1.29, 1.82) is 0 Å². The molecule has 8 heteroatoms. The lowest BCUT2D eigenvalue weighted by molar-refractivity contribution is -0.139. The van der Waals surface area contributed by atoms with Crippen LogP contribution in [0.5, 0.6) is 5.75 Å². The molecule has 2 aromatic carbocycles. The zero-order chi connectivity index (χ0) is 21.1. The molecule has 1 aromatic heterocycles. The first-order valence-corrected chi connectivity index (χ1v) is 10.4. The Morgan fingerprint density at radius 2 is 1.90 bits per heavy atom. The molecule has 0 radical (unpaired) electrons. The molecule has 4 rings (SSSR count). The maximum absolute atomic E-state index is 12.7. The summed E-state index contributed by atoms with van der Waals surface area (Å²) in [4.78, 5) is 16.9. The van der Waals surface area contributed by atoms with Gasteiger partial charge >= 0.3 is 5.97 Å². The average molecular weight is 469 g/mol. The third kappa shape index (κ3) is 4.09. The average Bonchev–Trinajstić information content (AvgIpc) is 3.21. The predicted molar refractivity (Wildman–Crippen MR) is 116 cm³/mol. The van der Waals surface area contributed by atoms with E-state index in [1.807, 2.05) is 55.5 Å². The van der Waals surface area contributed by atoms with Gasteiger partial charge in [-0.1, -0.05) is 40.2 Å². The summed E-state index contributed by atoms with van der Waals surface area (Å²) in [5.41, 5.74) is 3.19. The molecule has 154 valence electrons. The van der Waals surface area contributed by atoms with Crippen molar-refractivity contribution >= 4 is 27.8 Å². The van der Waals surface area contributed by atoms with Crippen LogP contribution in [0, 0.1) is 0 Å². The first kappa shape index (κ1) is 20.2. The molecule has 0 aliphatic carbocycles. The summed E-state index contributed by atoms with van der Waals surface area (Å²) in [6.45, 7) is 4.40. The zero-order valence-electron chi connectivity index (χ0n) is 16.6. The Morgan fingerprint density at radius 3 is 2.60 bits per heavy atom. The molecule has 1 unspecified atom stereocenters. The summed E-state index contributed by atoms with van der Waals surface area (Å²) in [6, 6.07) is 15.2. The predicted octanol–water partition coefficient (Wildman–Crippen LogP) is 4.47. The Balaban J connectivity index is 1.58. The van der Waals surface area contributed by atoms with Gasteiger partial charge in [0.1, 0.15) is 24.7 Å². The minimum atomic E-state index is -0.427. The number of hydrogen-bond acceptors (Lipinski definition) is 6. The van der Waals surface area contributed by atoms with Crippen molar-refractivity contribution in [1.82, 2.24) is 14.8 Å². The van der Waals surface area contributed by atoms with E-state index in [2.05, 4.69) is 31.3 Å². The number of fused-ring (bicyclic) bond motifs is 1. The highest BCUT2D eigenvalue weighted by atomic mass is 79.9. The molecule has 1 atom stereocenters. The molecule has 0 spiro atoms. The summed E-state index contributed by atoms with van der Waals surface area (Å²) >= 11 is 3.43. The van der Waals surface area contributed by atoms with Gasteiger partial charge in [-0.3, -0.25) is 0 Å². The maximum atomic E-state index is 12.7. The molecule has 2 heterocycles. The Hall–Kier alpha value is -3.13. The number of allylic oxidation sites excluding steroid dienone is 1. The van der Waals surface area contributed by atoms with Crippen molar-refractivity contribution in [2.24, 2.45) is 0 Å². The van der Waals surface area contributed by atoms with E-state index < -0.39 is 6.04 Å². The maximum Gasteiger partial charge on any atom is 0.338 e. The van der Waals surface area contributed by atoms with Gasteiger partial charge in [0.05, 0.1) is 12.2 Å². The lowest BCUT2D eigenvalue weighted by Crippen LogP contribution is -2.29. The number of nitrogens with one attached hydrogen (secondary N) is 1. The highest BCUT2D eigenvalue weighted by Gasteiger charge is 2.34. The van der Waals surface area contributed by atoms with E-state index in [-0.39, 0.29) is 5.97 Å². The van der Waals surface area contributed by atoms with E-state index in [0.29, 0.717) is 30.4 Å². The van der Waals surface area contributed by atoms with Crippen LogP contribution < -0.4 is 10.1 Å². The van der Waals surface area contributed by atoms with Crippen LogP contribution in [0.15, 0.2) is 70.6 Å². The SMILES string of the molecule is CCOC(=O)C1=C(C)Nc2ncnn2C1c1ccc(OCc2ccc(Br)cc2)cc1. The Bertz CT molecular complexity index is 1070. The molecule has 30 heavy (non-hydrogen) atoms. The number of rotatable bonds is 6. The minimum absolute atomic E-state index is 0.301. The summed E-state index contributed by atoms with van der Waals surface area (Å²) in [5, 5.41) is 7.44. The van der Waals surface area contributed by atoms with E-state index in [4.69, 9.17) is 9.47 Å². The highest BCUT2D eigenvalue weighted by Crippen LogP contribution is 2.35. The number of ether oxygens (including phenoxy) is 2. The van der Waals surface area contributed by atoms with Crippen molar-refractivity contribution < 1.29 is 14.3 Å². The summed E-state index contributed by atoms with van der Waals surface area (Å²) in [6.07, 6.45) is 1.46. The van der Waals surface area contributed by atoms with Crippen molar-refractivity contribution in [3.63, 3.8) is 0 Å². The molecule has 0 amide bonds. The first-order valence-electron chi connectivity index (χ1n) is 9.58. The van der Waals surface area contributed by atoms with Crippen LogP contribution in [0.25, 0.3) is 0 Å². The van der Waals surface area contributed by atoms with Crippen molar-refractivity contribution in [3.8, 4) is 5.75 Å². The Labute approximate surface area is 182 Å². The summed E-state index contributed by atoms with van der Waals surface area (Å²) < 4.78 is 13.9. The second-order valence-corrected chi connectivity index (χ2v) is 7.71. The number of halogens is 1. The molecule has 1 aliphatic rings. The van der Waals surface area contributed by atoms with Crippen LogP contribution in [-0.4, -0.2) is 27.3 Å². The Kier molecular flexibility index (Phi) is 5.85. The lowest BCUT2D eigenvalue weighted by atomic mass is 9.96. The largest absolute Gasteiger partial charge is 0.489 e. The van der Waals surface area contributed by atoms with Crippen LogP contribution in [0.4, 0.5) is 5.95 Å². The monoisotopic (exact) mass is 468 g/mol. The van der Waals surface area contributed by atoms with Crippen LogP contribution in [0.3, 0.4) is 0 Å². The van der Waals surface area contributed by atoms with Crippen LogP contribution in [0.1, 0.15) is 31.0 Å². The number of benzene rings is 2. The van der Waals surface area contributed by atoms with E-state index in [0.717, 1.165) is 21.3 Å². The molecule has 0 saturated heterocycles. The quantitative estimate of drug-likeness (QED) is 0.537. The van der Waals surface area contributed by atoms with Crippen LogP contribution in [0.2, 0.25) is 0 Å². The number of nitrogens with zero attached hydrogens (tertiary/aromatic N) is 3. The van der Waals surface area contributed by atoms with E-state index in [9.17, 15) is 4.79 Å². The van der Waals surface area contributed by atoms with Crippen molar-refractivity contribution in [3.05, 3.63) is 81.7 Å². The highest BCUT2D eigenvalue weighted by molar-refractivity contribution is 9.10. The molecule has 0 bridgehead atoms. The van der Waals surface area contributed by atoms with E-state index >= 15 is 0 Å². The number of anilines is 1. The fourth-order valence-electron chi connectivity index (χ4n) is 3.37. The third-order valence-corrected chi connectivity index (χ3v) is 5.33. The van der Waals surface area contributed by atoms with Gasteiger partial charge in [0, 0.05) is 10.2 Å². The molecular weight excluding hydrogens is 448 g/mol. The Morgan fingerprint density at radius 1 is 1.17 bits per heavy atom.